The van der Waals surface area contributed by atoms with Gasteiger partial charge in [-0.1, -0.05) is 23.7 Å². The monoisotopic (exact) mass is 309 g/mol. The van der Waals surface area contributed by atoms with Crippen molar-refractivity contribution in [2.45, 2.75) is 12.6 Å². The number of benzene rings is 2. The van der Waals surface area contributed by atoms with Gasteiger partial charge in [-0.3, -0.25) is 4.90 Å². The molecule has 110 valence electrons. The van der Waals surface area contributed by atoms with Gasteiger partial charge >= 0.3 is 0 Å². The number of fused-ring (bicyclic) bond motifs is 1. The molecule has 1 aliphatic rings. The number of halogens is 3. The molecule has 0 bridgehead atoms. The van der Waals surface area contributed by atoms with Crippen LogP contribution in [0.4, 0.5) is 8.78 Å². The lowest BCUT2D eigenvalue weighted by molar-refractivity contribution is 0.0866. The van der Waals surface area contributed by atoms with Gasteiger partial charge in [-0.2, -0.15) is 0 Å². The second kappa shape index (κ2) is 5.28. The standard InChI is InChI=1S/C16H14ClF2NO/c1-20(2)14-7-9-6-10(17)8-12(16(9)21-14)11-4-3-5-13(18)15(11)19/h3-6,8,14H,7H2,1-2H3. The largest absolute Gasteiger partial charge is 0.474 e. The zero-order chi connectivity index (χ0) is 15.1. The van der Waals surface area contributed by atoms with Crippen LogP contribution in [0.5, 0.6) is 5.75 Å². The molecule has 0 aromatic heterocycles. The van der Waals surface area contributed by atoms with Crippen LogP contribution in [0.2, 0.25) is 5.02 Å². The van der Waals surface area contributed by atoms with E-state index in [4.69, 9.17) is 16.3 Å². The highest BCUT2D eigenvalue weighted by molar-refractivity contribution is 6.31. The van der Waals surface area contributed by atoms with Crippen LogP contribution in [-0.4, -0.2) is 25.2 Å². The molecule has 0 saturated carbocycles. The molecule has 0 fully saturated rings. The van der Waals surface area contributed by atoms with Gasteiger partial charge in [-0.15, -0.1) is 0 Å². The molecule has 2 aromatic rings. The summed E-state index contributed by atoms with van der Waals surface area (Å²) >= 11 is 6.11. The molecule has 0 saturated heterocycles. The second-order valence-electron chi connectivity index (χ2n) is 5.28. The predicted octanol–water partition coefficient (Wildman–Crippen LogP) is 4.11. The lowest BCUT2D eigenvalue weighted by Gasteiger charge is -2.19. The molecule has 1 heterocycles. The van der Waals surface area contributed by atoms with Crippen molar-refractivity contribution in [3.05, 3.63) is 52.6 Å². The molecule has 2 aromatic carbocycles. The maximum absolute atomic E-state index is 14.1. The van der Waals surface area contributed by atoms with E-state index in [1.807, 2.05) is 19.0 Å². The normalized spacial score (nSPS) is 17.0. The van der Waals surface area contributed by atoms with Crippen LogP contribution >= 0.6 is 11.6 Å². The maximum Gasteiger partial charge on any atom is 0.166 e. The molecular weight excluding hydrogens is 296 g/mol. The number of rotatable bonds is 2. The molecule has 1 unspecified atom stereocenters. The first-order valence-corrected chi connectivity index (χ1v) is 6.95. The second-order valence-corrected chi connectivity index (χ2v) is 5.72. The zero-order valence-corrected chi connectivity index (χ0v) is 12.4. The van der Waals surface area contributed by atoms with Gasteiger partial charge in [-0.25, -0.2) is 8.78 Å². The van der Waals surface area contributed by atoms with Crippen molar-refractivity contribution in [2.75, 3.05) is 14.1 Å². The Bertz CT molecular complexity index is 703. The van der Waals surface area contributed by atoms with E-state index in [-0.39, 0.29) is 11.8 Å². The molecule has 1 aliphatic heterocycles. The van der Waals surface area contributed by atoms with Crippen molar-refractivity contribution in [1.29, 1.82) is 0 Å². The minimum atomic E-state index is -0.890. The third-order valence-electron chi connectivity index (χ3n) is 3.60. The van der Waals surface area contributed by atoms with E-state index in [0.29, 0.717) is 22.8 Å². The van der Waals surface area contributed by atoms with Gasteiger partial charge in [0.05, 0.1) is 0 Å². The number of ether oxygens (including phenoxy) is 1. The van der Waals surface area contributed by atoms with Crippen LogP contribution in [-0.2, 0) is 6.42 Å². The highest BCUT2D eigenvalue weighted by Gasteiger charge is 2.29. The number of hydrogen-bond acceptors (Lipinski definition) is 2. The van der Waals surface area contributed by atoms with Crippen molar-refractivity contribution in [3.8, 4) is 16.9 Å². The summed E-state index contributed by atoms with van der Waals surface area (Å²) < 4.78 is 33.4. The Morgan fingerprint density at radius 1 is 1.19 bits per heavy atom. The minimum absolute atomic E-state index is 0.131. The maximum atomic E-state index is 14.1. The van der Waals surface area contributed by atoms with E-state index >= 15 is 0 Å². The molecular formula is C16H14ClF2NO. The Morgan fingerprint density at radius 3 is 2.67 bits per heavy atom. The Kier molecular flexibility index (Phi) is 3.59. The van der Waals surface area contributed by atoms with Gasteiger partial charge in [0.1, 0.15) is 5.75 Å². The first-order valence-electron chi connectivity index (χ1n) is 6.57. The van der Waals surface area contributed by atoms with Crippen LogP contribution in [0.1, 0.15) is 5.56 Å². The van der Waals surface area contributed by atoms with E-state index in [0.717, 1.165) is 11.6 Å². The summed E-state index contributed by atoms with van der Waals surface area (Å²) in [5.41, 5.74) is 1.55. The van der Waals surface area contributed by atoms with E-state index in [9.17, 15) is 8.78 Å². The minimum Gasteiger partial charge on any atom is -0.474 e. The summed E-state index contributed by atoms with van der Waals surface area (Å²) in [6, 6.07) is 7.50. The van der Waals surface area contributed by atoms with E-state index in [1.54, 1.807) is 12.1 Å². The van der Waals surface area contributed by atoms with Crippen molar-refractivity contribution in [3.63, 3.8) is 0 Å². The first kappa shape index (κ1) is 14.3. The SMILES string of the molecule is CN(C)C1Cc2cc(Cl)cc(-c3cccc(F)c3F)c2O1. The molecule has 3 rings (SSSR count). The van der Waals surface area contributed by atoms with Crippen LogP contribution in [0.3, 0.4) is 0 Å². The van der Waals surface area contributed by atoms with Gasteiger partial charge < -0.3 is 4.74 Å². The van der Waals surface area contributed by atoms with E-state index < -0.39 is 11.6 Å². The Balaban J connectivity index is 2.15. The average molecular weight is 310 g/mol. The summed E-state index contributed by atoms with van der Waals surface area (Å²) in [6.07, 6.45) is 0.529. The van der Waals surface area contributed by atoms with Gasteiger partial charge in [0.15, 0.2) is 17.9 Å². The molecule has 21 heavy (non-hydrogen) atoms. The van der Waals surface area contributed by atoms with E-state index in [1.165, 1.54) is 12.1 Å². The highest BCUT2D eigenvalue weighted by Crippen LogP contribution is 2.42. The quantitative estimate of drug-likeness (QED) is 0.828. The fraction of sp³-hybridized carbons (Fsp3) is 0.250. The van der Waals surface area contributed by atoms with Crippen LogP contribution in [0, 0.1) is 11.6 Å². The smallest absolute Gasteiger partial charge is 0.166 e. The predicted molar refractivity (Wildman–Crippen MR) is 78.6 cm³/mol. The topological polar surface area (TPSA) is 12.5 Å². The number of hydrogen-bond donors (Lipinski definition) is 0. The van der Waals surface area contributed by atoms with Crippen LogP contribution in [0.15, 0.2) is 30.3 Å². The van der Waals surface area contributed by atoms with Crippen molar-refractivity contribution in [1.82, 2.24) is 4.90 Å². The molecule has 1 atom stereocenters. The molecule has 0 radical (unpaired) electrons. The molecule has 2 nitrogen and oxygen atoms in total. The molecule has 0 N–H and O–H groups in total. The molecule has 0 spiro atoms. The van der Waals surface area contributed by atoms with Crippen molar-refractivity contribution < 1.29 is 13.5 Å². The summed E-state index contributed by atoms with van der Waals surface area (Å²) in [7, 11) is 3.81. The summed E-state index contributed by atoms with van der Waals surface area (Å²) in [5, 5.41) is 0.482. The Labute approximate surface area is 126 Å². The Morgan fingerprint density at radius 2 is 1.95 bits per heavy atom. The highest BCUT2D eigenvalue weighted by atomic mass is 35.5. The molecule has 0 amide bonds. The van der Waals surface area contributed by atoms with Crippen molar-refractivity contribution in [2.24, 2.45) is 0 Å². The van der Waals surface area contributed by atoms with Gasteiger partial charge in [0.2, 0.25) is 0 Å². The van der Waals surface area contributed by atoms with Crippen LogP contribution < -0.4 is 4.74 Å². The van der Waals surface area contributed by atoms with Gasteiger partial charge in [0.25, 0.3) is 0 Å². The van der Waals surface area contributed by atoms with Crippen LogP contribution in [0.25, 0.3) is 11.1 Å². The Hall–Kier alpha value is -1.65. The average Bonchev–Trinajstić information content (AvgIpc) is 2.85. The summed E-state index contributed by atoms with van der Waals surface area (Å²) in [6.45, 7) is 0. The van der Waals surface area contributed by atoms with Gasteiger partial charge in [0, 0.05) is 28.1 Å². The lowest BCUT2D eigenvalue weighted by Crippen LogP contribution is -2.31. The summed E-state index contributed by atoms with van der Waals surface area (Å²) in [5.74, 6) is -1.20. The first-order chi connectivity index (χ1) is 9.97. The van der Waals surface area contributed by atoms with Gasteiger partial charge in [-0.05, 0) is 32.3 Å². The van der Waals surface area contributed by atoms with E-state index in [2.05, 4.69) is 0 Å². The fourth-order valence-electron chi connectivity index (χ4n) is 2.51. The molecule has 5 heteroatoms. The third kappa shape index (κ3) is 2.49. The number of nitrogens with zero attached hydrogens (tertiary/aromatic N) is 1. The lowest BCUT2D eigenvalue weighted by atomic mass is 10.0. The zero-order valence-electron chi connectivity index (χ0n) is 11.7. The fourth-order valence-corrected chi connectivity index (χ4v) is 2.75. The third-order valence-corrected chi connectivity index (χ3v) is 3.81. The number of likely N-dealkylation sites (N-methyl/N-ethyl adjacent to an activating group) is 1. The summed E-state index contributed by atoms with van der Waals surface area (Å²) in [4.78, 5) is 1.93. The van der Waals surface area contributed by atoms with Crippen molar-refractivity contribution >= 4 is 11.6 Å². The molecule has 0 aliphatic carbocycles.